The molecular weight excluding hydrogens is 372 g/mol. The van der Waals surface area contributed by atoms with E-state index in [2.05, 4.69) is 10.1 Å². The van der Waals surface area contributed by atoms with Crippen molar-refractivity contribution in [3.63, 3.8) is 0 Å². The van der Waals surface area contributed by atoms with Gasteiger partial charge in [-0.1, -0.05) is 31.5 Å². The van der Waals surface area contributed by atoms with Crippen molar-refractivity contribution in [2.45, 2.75) is 33.6 Å². The summed E-state index contributed by atoms with van der Waals surface area (Å²) in [6.45, 7) is 7.80. The number of hydrogen-bond acceptors (Lipinski definition) is 5. The van der Waals surface area contributed by atoms with Crippen LogP contribution in [0.4, 0.5) is 11.4 Å². The number of aromatic hydroxyl groups is 1. The molecule has 0 atom stereocenters. The number of nitro benzene ring substituents is 1. The second-order valence-electron chi connectivity index (χ2n) is 7.21. The molecule has 3 aromatic rings. The molecule has 3 rings (SSSR count). The lowest BCUT2D eigenvalue weighted by atomic mass is 10.1. The maximum atomic E-state index is 13.1. The van der Waals surface area contributed by atoms with Crippen molar-refractivity contribution in [3.8, 4) is 11.4 Å². The molecule has 0 aliphatic heterocycles. The Hall–Kier alpha value is -3.68. The van der Waals surface area contributed by atoms with Gasteiger partial charge in [-0.25, -0.2) is 4.68 Å². The zero-order chi connectivity index (χ0) is 21.3. The Morgan fingerprint density at radius 1 is 1.21 bits per heavy atom. The summed E-state index contributed by atoms with van der Waals surface area (Å²) in [4.78, 5) is 27.6. The Labute approximate surface area is 167 Å². The fraction of sp³-hybridized carbons (Fsp3) is 0.238. The van der Waals surface area contributed by atoms with E-state index in [9.17, 15) is 20.0 Å². The van der Waals surface area contributed by atoms with E-state index in [1.165, 1.54) is 23.0 Å². The monoisotopic (exact) mass is 394 g/mol. The van der Waals surface area contributed by atoms with Crippen LogP contribution in [0.1, 0.15) is 42.1 Å². The van der Waals surface area contributed by atoms with Crippen LogP contribution in [-0.2, 0) is 0 Å². The van der Waals surface area contributed by atoms with Crippen molar-refractivity contribution < 1.29 is 10.0 Å². The van der Waals surface area contributed by atoms with Gasteiger partial charge >= 0.3 is 0 Å². The van der Waals surface area contributed by atoms with Crippen molar-refractivity contribution in [1.82, 2.24) is 9.78 Å². The van der Waals surface area contributed by atoms with Gasteiger partial charge in [-0.05, 0) is 37.5 Å². The summed E-state index contributed by atoms with van der Waals surface area (Å²) in [6, 6.07) is 9.36. The third-order valence-corrected chi connectivity index (χ3v) is 4.63. The van der Waals surface area contributed by atoms with E-state index >= 15 is 0 Å². The number of nitrogens with zero attached hydrogens (tertiary/aromatic N) is 3. The molecule has 0 amide bonds. The van der Waals surface area contributed by atoms with Crippen molar-refractivity contribution in [2.24, 2.45) is 4.99 Å². The standard InChI is InChI=1S/C21H22N4O4/c1-12(2)20-16(11-22-17-10-15(25(28)29)6-8-19(17)26)21(27)24(23-20)18-7-5-13(3)9-14(18)4/h5-12,23,26H,1-4H3. The van der Waals surface area contributed by atoms with Crippen LogP contribution in [-0.4, -0.2) is 26.0 Å². The summed E-state index contributed by atoms with van der Waals surface area (Å²) in [5.41, 5.74) is 3.35. The van der Waals surface area contributed by atoms with Gasteiger partial charge in [0.15, 0.2) is 0 Å². The molecule has 0 saturated heterocycles. The van der Waals surface area contributed by atoms with Gasteiger partial charge in [-0.15, -0.1) is 0 Å². The lowest BCUT2D eigenvalue weighted by Gasteiger charge is -2.07. The number of phenols is 1. The van der Waals surface area contributed by atoms with Crippen LogP contribution in [0.15, 0.2) is 46.2 Å². The molecular formula is C21H22N4O4. The van der Waals surface area contributed by atoms with Crippen LogP contribution in [0.25, 0.3) is 5.69 Å². The van der Waals surface area contributed by atoms with E-state index in [1.807, 2.05) is 45.9 Å². The highest BCUT2D eigenvalue weighted by Gasteiger charge is 2.18. The number of hydrogen-bond donors (Lipinski definition) is 2. The van der Waals surface area contributed by atoms with Crippen LogP contribution in [0.2, 0.25) is 0 Å². The first-order valence-electron chi connectivity index (χ1n) is 9.13. The minimum absolute atomic E-state index is 0.00913. The predicted octanol–water partition coefficient (Wildman–Crippen LogP) is 4.27. The molecule has 29 heavy (non-hydrogen) atoms. The summed E-state index contributed by atoms with van der Waals surface area (Å²) >= 11 is 0. The van der Waals surface area contributed by atoms with Gasteiger partial charge in [0.2, 0.25) is 0 Å². The maximum absolute atomic E-state index is 13.1. The maximum Gasteiger partial charge on any atom is 0.280 e. The number of benzene rings is 2. The second-order valence-corrected chi connectivity index (χ2v) is 7.21. The number of aliphatic imine (C=N–C) groups is 1. The molecule has 0 aliphatic carbocycles. The summed E-state index contributed by atoms with van der Waals surface area (Å²) in [6.07, 6.45) is 1.34. The average molecular weight is 394 g/mol. The number of non-ortho nitro benzene ring substituents is 1. The second kappa shape index (κ2) is 7.75. The topological polar surface area (TPSA) is 114 Å². The summed E-state index contributed by atoms with van der Waals surface area (Å²) in [5, 5.41) is 24.1. The van der Waals surface area contributed by atoms with Crippen LogP contribution < -0.4 is 5.56 Å². The number of aromatic nitrogens is 2. The first kappa shape index (κ1) is 20.1. The first-order chi connectivity index (χ1) is 13.7. The van der Waals surface area contributed by atoms with Crippen molar-refractivity contribution >= 4 is 17.6 Å². The molecule has 8 heteroatoms. The molecule has 2 aromatic carbocycles. The molecule has 8 nitrogen and oxygen atoms in total. The zero-order valence-electron chi connectivity index (χ0n) is 16.6. The number of nitrogens with one attached hydrogen (secondary N) is 1. The van der Waals surface area contributed by atoms with E-state index in [0.29, 0.717) is 11.3 Å². The lowest BCUT2D eigenvalue weighted by Crippen LogP contribution is -2.18. The van der Waals surface area contributed by atoms with Crippen LogP contribution in [0, 0.1) is 24.0 Å². The molecule has 1 aromatic heterocycles. The predicted molar refractivity (Wildman–Crippen MR) is 112 cm³/mol. The van der Waals surface area contributed by atoms with Crippen molar-refractivity contribution in [3.05, 3.63) is 79.3 Å². The van der Waals surface area contributed by atoms with E-state index in [4.69, 9.17) is 0 Å². The number of phenolic OH excluding ortho intramolecular Hbond substituents is 1. The van der Waals surface area contributed by atoms with E-state index < -0.39 is 4.92 Å². The largest absolute Gasteiger partial charge is 0.506 e. The van der Waals surface area contributed by atoms with Gasteiger partial charge in [-0.3, -0.25) is 25.0 Å². The Bertz CT molecular complexity index is 1170. The fourth-order valence-electron chi connectivity index (χ4n) is 3.12. The van der Waals surface area contributed by atoms with Gasteiger partial charge in [0.05, 0.1) is 16.2 Å². The SMILES string of the molecule is Cc1ccc(-n2[nH]c(C(C)C)c(C=Nc3cc([N+](=O)[O-])ccc3O)c2=O)c(C)c1. The molecule has 0 bridgehead atoms. The molecule has 0 spiro atoms. The Balaban J connectivity index is 2.12. The molecule has 0 fully saturated rings. The number of aryl methyl sites for hydroxylation is 2. The highest BCUT2D eigenvalue weighted by Crippen LogP contribution is 2.30. The van der Waals surface area contributed by atoms with Gasteiger partial charge in [-0.2, -0.15) is 0 Å². The quantitative estimate of drug-likeness (QED) is 0.382. The highest BCUT2D eigenvalue weighted by molar-refractivity contribution is 5.84. The Morgan fingerprint density at radius 2 is 1.93 bits per heavy atom. The van der Waals surface area contributed by atoms with Gasteiger partial charge in [0.1, 0.15) is 11.4 Å². The highest BCUT2D eigenvalue weighted by atomic mass is 16.6. The Kier molecular flexibility index (Phi) is 5.36. The minimum atomic E-state index is -0.568. The minimum Gasteiger partial charge on any atom is -0.506 e. The molecule has 1 heterocycles. The van der Waals surface area contributed by atoms with Crippen LogP contribution in [0.5, 0.6) is 5.75 Å². The normalized spacial score (nSPS) is 11.5. The van der Waals surface area contributed by atoms with Crippen LogP contribution >= 0.6 is 0 Å². The molecule has 150 valence electrons. The van der Waals surface area contributed by atoms with Crippen molar-refractivity contribution in [1.29, 1.82) is 0 Å². The molecule has 0 unspecified atom stereocenters. The smallest absolute Gasteiger partial charge is 0.280 e. The van der Waals surface area contributed by atoms with Gasteiger partial charge in [0, 0.05) is 24.0 Å². The molecule has 0 aliphatic rings. The number of aromatic amines is 1. The Morgan fingerprint density at radius 3 is 2.55 bits per heavy atom. The number of nitro groups is 1. The number of rotatable bonds is 5. The van der Waals surface area contributed by atoms with E-state index in [0.717, 1.165) is 22.9 Å². The molecule has 0 radical (unpaired) electrons. The third kappa shape index (κ3) is 3.96. The fourth-order valence-corrected chi connectivity index (χ4v) is 3.12. The molecule has 0 saturated carbocycles. The average Bonchev–Trinajstić information content (AvgIpc) is 2.97. The third-order valence-electron chi connectivity index (χ3n) is 4.63. The first-order valence-corrected chi connectivity index (χ1v) is 9.13. The van der Waals surface area contributed by atoms with Crippen molar-refractivity contribution in [2.75, 3.05) is 0 Å². The lowest BCUT2D eigenvalue weighted by molar-refractivity contribution is -0.384. The zero-order valence-corrected chi connectivity index (χ0v) is 16.6. The van der Waals surface area contributed by atoms with E-state index in [-0.39, 0.29) is 28.6 Å². The number of H-pyrrole nitrogens is 1. The summed E-state index contributed by atoms with van der Waals surface area (Å²) < 4.78 is 1.47. The summed E-state index contributed by atoms with van der Waals surface area (Å²) in [5.74, 6) is -0.196. The van der Waals surface area contributed by atoms with E-state index in [1.54, 1.807) is 0 Å². The van der Waals surface area contributed by atoms with Gasteiger partial charge in [0.25, 0.3) is 11.2 Å². The summed E-state index contributed by atoms with van der Waals surface area (Å²) in [7, 11) is 0. The molecule has 2 N–H and O–H groups in total. The van der Waals surface area contributed by atoms with Crippen LogP contribution in [0.3, 0.4) is 0 Å². The van der Waals surface area contributed by atoms with Gasteiger partial charge < -0.3 is 5.11 Å².